The number of hydrogen-bond donors (Lipinski definition) is 1. The van der Waals surface area contributed by atoms with E-state index in [1.807, 2.05) is 42.6 Å². The molecule has 0 aliphatic rings. The van der Waals surface area contributed by atoms with Crippen molar-refractivity contribution in [2.45, 2.75) is 19.5 Å². The van der Waals surface area contributed by atoms with Gasteiger partial charge in [0.25, 0.3) is 0 Å². The van der Waals surface area contributed by atoms with Crippen molar-refractivity contribution in [3.8, 4) is 6.07 Å². The molecular formula is C13H13N3S. The molecule has 0 saturated heterocycles. The van der Waals surface area contributed by atoms with Gasteiger partial charge in [-0.3, -0.25) is 5.32 Å². The van der Waals surface area contributed by atoms with Crippen LogP contribution in [0.4, 0.5) is 0 Å². The van der Waals surface area contributed by atoms with E-state index in [4.69, 9.17) is 5.26 Å². The summed E-state index contributed by atoms with van der Waals surface area (Å²) in [6, 6.07) is 11.9. The van der Waals surface area contributed by atoms with Crippen molar-refractivity contribution in [3.63, 3.8) is 0 Å². The molecule has 3 nitrogen and oxygen atoms in total. The molecule has 4 heteroatoms. The molecule has 2 aromatic rings. The number of thiazole rings is 1. The SMILES string of the molecule is Cc1nc(C(C#N)NCc2ccccc2)cs1. The van der Waals surface area contributed by atoms with E-state index in [1.54, 1.807) is 11.3 Å². The van der Waals surface area contributed by atoms with Crippen molar-refractivity contribution in [1.29, 1.82) is 5.26 Å². The number of aromatic nitrogens is 1. The second kappa shape index (κ2) is 5.58. The van der Waals surface area contributed by atoms with Crippen molar-refractivity contribution in [3.05, 3.63) is 52.0 Å². The highest BCUT2D eigenvalue weighted by atomic mass is 32.1. The van der Waals surface area contributed by atoms with Gasteiger partial charge in [0, 0.05) is 11.9 Å². The third-order valence-corrected chi connectivity index (χ3v) is 3.21. The van der Waals surface area contributed by atoms with Crippen LogP contribution in [0.3, 0.4) is 0 Å². The van der Waals surface area contributed by atoms with E-state index in [-0.39, 0.29) is 6.04 Å². The number of nitriles is 1. The molecule has 0 aliphatic carbocycles. The summed E-state index contributed by atoms with van der Waals surface area (Å²) in [5.41, 5.74) is 1.98. The standard InChI is InChI=1S/C13H13N3S/c1-10-16-13(9-17-10)12(7-14)15-8-11-5-3-2-4-6-11/h2-6,9,12,15H,8H2,1H3. The van der Waals surface area contributed by atoms with Crippen LogP contribution in [0.2, 0.25) is 0 Å². The lowest BCUT2D eigenvalue weighted by Gasteiger charge is -2.08. The van der Waals surface area contributed by atoms with Crippen LogP contribution in [-0.4, -0.2) is 4.98 Å². The molecule has 86 valence electrons. The Morgan fingerprint density at radius 2 is 2.18 bits per heavy atom. The van der Waals surface area contributed by atoms with E-state index in [9.17, 15) is 0 Å². The number of benzene rings is 1. The number of nitrogens with one attached hydrogen (secondary N) is 1. The number of hydrogen-bond acceptors (Lipinski definition) is 4. The molecule has 1 aromatic heterocycles. The Kier molecular flexibility index (Phi) is 3.86. The first kappa shape index (κ1) is 11.8. The topological polar surface area (TPSA) is 48.7 Å². The molecule has 1 atom stereocenters. The van der Waals surface area contributed by atoms with E-state index in [0.717, 1.165) is 10.7 Å². The highest BCUT2D eigenvalue weighted by Gasteiger charge is 2.12. The van der Waals surface area contributed by atoms with Crippen LogP contribution in [0.15, 0.2) is 35.7 Å². The third kappa shape index (κ3) is 3.13. The maximum Gasteiger partial charge on any atom is 0.139 e. The summed E-state index contributed by atoms with van der Waals surface area (Å²) in [7, 11) is 0. The molecule has 1 unspecified atom stereocenters. The molecule has 0 aliphatic heterocycles. The largest absolute Gasteiger partial charge is 0.293 e. The quantitative estimate of drug-likeness (QED) is 0.898. The first-order valence-corrected chi connectivity index (χ1v) is 6.26. The molecule has 0 amide bonds. The van der Waals surface area contributed by atoms with E-state index in [0.29, 0.717) is 6.54 Å². The Morgan fingerprint density at radius 3 is 2.76 bits per heavy atom. The zero-order valence-electron chi connectivity index (χ0n) is 9.55. The van der Waals surface area contributed by atoms with E-state index < -0.39 is 0 Å². The summed E-state index contributed by atoms with van der Waals surface area (Å²) in [4.78, 5) is 4.33. The fourth-order valence-electron chi connectivity index (χ4n) is 1.54. The van der Waals surface area contributed by atoms with E-state index in [1.165, 1.54) is 5.56 Å². The third-order valence-electron chi connectivity index (χ3n) is 2.41. The maximum atomic E-state index is 9.12. The molecule has 2 rings (SSSR count). The van der Waals surface area contributed by atoms with Crippen LogP contribution in [0.5, 0.6) is 0 Å². The maximum absolute atomic E-state index is 9.12. The van der Waals surface area contributed by atoms with Crippen LogP contribution in [0.1, 0.15) is 22.3 Å². The summed E-state index contributed by atoms with van der Waals surface area (Å²) < 4.78 is 0. The minimum atomic E-state index is -0.333. The van der Waals surface area contributed by atoms with Gasteiger partial charge < -0.3 is 0 Å². The predicted molar refractivity (Wildman–Crippen MR) is 68.5 cm³/mol. The van der Waals surface area contributed by atoms with Gasteiger partial charge in [-0.2, -0.15) is 5.26 Å². The summed E-state index contributed by atoms with van der Waals surface area (Å²) >= 11 is 1.57. The summed E-state index contributed by atoms with van der Waals surface area (Å²) in [5.74, 6) is 0. The van der Waals surface area contributed by atoms with Crippen molar-refractivity contribution in [2.75, 3.05) is 0 Å². The van der Waals surface area contributed by atoms with Gasteiger partial charge in [0.2, 0.25) is 0 Å². The van der Waals surface area contributed by atoms with Crippen molar-refractivity contribution >= 4 is 11.3 Å². The normalized spacial score (nSPS) is 12.0. The fourth-order valence-corrected chi connectivity index (χ4v) is 2.18. The lowest BCUT2D eigenvalue weighted by Crippen LogP contribution is -2.19. The fraction of sp³-hybridized carbons (Fsp3) is 0.231. The molecule has 0 spiro atoms. The van der Waals surface area contributed by atoms with Crippen molar-refractivity contribution in [2.24, 2.45) is 0 Å². The molecule has 0 bridgehead atoms. The number of rotatable bonds is 4. The van der Waals surface area contributed by atoms with Gasteiger partial charge in [-0.15, -0.1) is 11.3 Å². The average Bonchev–Trinajstić information content (AvgIpc) is 2.78. The minimum Gasteiger partial charge on any atom is -0.293 e. The van der Waals surface area contributed by atoms with Crippen LogP contribution in [0, 0.1) is 18.3 Å². The first-order valence-electron chi connectivity index (χ1n) is 5.38. The Morgan fingerprint density at radius 1 is 1.41 bits per heavy atom. The Bertz CT molecular complexity index is 513. The smallest absolute Gasteiger partial charge is 0.139 e. The predicted octanol–water partition coefficient (Wildman–Crippen LogP) is 2.81. The molecule has 1 heterocycles. The van der Waals surface area contributed by atoms with E-state index in [2.05, 4.69) is 16.4 Å². The average molecular weight is 243 g/mol. The molecule has 17 heavy (non-hydrogen) atoms. The van der Waals surface area contributed by atoms with Gasteiger partial charge in [0.15, 0.2) is 0 Å². The van der Waals surface area contributed by atoms with Gasteiger partial charge in [0.1, 0.15) is 6.04 Å². The highest BCUT2D eigenvalue weighted by Crippen LogP contribution is 2.16. The second-order valence-electron chi connectivity index (χ2n) is 3.72. The summed E-state index contributed by atoms with van der Waals surface area (Å²) in [6.45, 7) is 2.62. The molecule has 0 radical (unpaired) electrons. The zero-order valence-corrected chi connectivity index (χ0v) is 10.4. The Balaban J connectivity index is 2.00. The van der Waals surface area contributed by atoms with Crippen molar-refractivity contribution in [1.82, 2.24) is 10.3 Å². The second-order valence-corrected chi connectivity index (χ2v) is 4.78. The number of nitrogens with zero attached hydrogens (tertiary/aromatic N) is 2. The van der Waals surface area contributed by atoms with E-state index >= 15 is 0 Å². The summed E-state index contributed by atoms with van der Waals surface area (Å²) in [6.07, 6.45) is 0. The van der Waals surface area contributed by atoms with Gasteiger partial charge in [-0.05, 0) is 12.5 Å². The molecule has 1 aromatic carbocycles. The highest BCUT2D eigenvalue weighted by molar-refractivity contribution is 7.09. The zero-order chi connectivity index (χ0) is 12.1. The Labute approximate surface area is 105 Å². The van der Waals surface area contributed by atoms with Crippen LogP contribution in [-0.2, 0) is 6.54 Å². The Hall–Kier alpha value is -1.70. The van der Waals surface area contributed by atoms with Crippen LogP contribution >= 0.6 is 11.3 Å². The van der Waals surface area contributed by atoms with Gasteiger partial charge in [0.05, 0.1) is 16.8 Å². The minimum absolute atomic E-state index is 0.333. The lowest BCUT2D eigenvalue weighted by molar-refractivity contribution is 0.619. The van der Waals surface area contributed by atoms with Gasteiger partial charge in [-0.1, -0.05) is 30.3 Å². The van der Waals surface area contributed by atoms with Crippen LogP contribution in [0.25, 0.3) is 0 Å². The molecule has 0 fully saturated rings. The number of aryl methyl sites for hydroxylation is 1. The molecule has 1 N–H and O–H groups in total. The summed E-state index contributed by atoms with van der Waals surface area (Å²) in [5, 5.41) is 15.2. The van der Waals surface area contributed by atoms with Crippen LogP contribution < -0.4 is 5.32 Å². The monoisotopic (exact) mass is 243 g/mol. The molecule has 0 saturated carbocycles. The lowest BCUT2D eigenvalue weighted by atomic mass is 10.2. The van der Waals surface area contributed by atoms with Crippen molar-refractivity contribution < 1.29 is 0 Å². The molecular weight excluding hydrogens is 230 g/mol. The van der Waals surface area contributed by atoms with Gasteiger partial charge >= 0.3 is 0 Å². The first-order chi connectivity index (χ1) is 8.29. The van der Waals surface area contributed by atoms with Gasteiger partial charge in [-0.25, -0.2) is 4.98 Å².